The lowest BCUT2D eigenvalue weighted by molar-refractivity contribution is 0.186. The molecular weight excluding hydrogens is 321 g/mol. The Hall–Kier alpha value is -1.10. The summed E-state index contributed by atoms with van der Waals surface area (Å²) in [6.07, 6.45) is 6.25. The van der Waals surface area contributed by atoms with Gasteiger partial charge in [0.15, 0.2) is 0 Å². The second-order valence-corrected chi connectivity index (χ2v) is 7.04. The molecule has 1 aliphatic rings. The Labute approximate surface area is 126 Å². The third-order valence-corrected chi connectivity index (χ3v) is 5.03. The van der Waals surface area contributed by atoms with E-state index in [1.807, 2.05) is 4.57 Å². The Balaban J connectivity index is 2.02. The molecule has 0 amide bonds. The van der Waals surface area contributed by atoms with E-state index in [-0.39, 0.29) is 11.2 Å². The van der Waals surface area contributed by atoms with E-state index in [2.05, 4.69) is 27.8 Å². The number of benzene rings is 1. The molecule has 1 aliphatic carbocycles. The van der Waals surface area contributed by atoms with Gasteiger partial charge in [0.25, 0.3) is 0 Å². The lowest BCUT2D eigenvalue weighted by Gasteiger charge is -2.34. The zero-order chi connectivity index (χ0) is 14.3. The number of hydrogen-bond acceptors (Lipinski definition) is 2. The summed E-state index contributed by atoms with van der Waals surface area (Å²) in [6, 6.07) is 3.22. The SMILES string of the molecule is CC1(Cn2c(N)nc3cc(Br)c(F)cc32)CCCCC1. The highest BCUT2D eigenvalue weighted by Gasteiger charge is 2.28. The maximum Gasteiger partial charge on any atom is 0.201 e. The van der Waals surface area contributed by atoms with Crippen molar-refractivity contribution in [3.05, 3.63) is 22.4 Å². The summed E-state index contributed by atoms with van der Waals surface area (Å²) in [5, 5.41) is 0. The maximum absolute atomic E-state index is 13.8. The van der Waals surface area contributed by atoms with Crippen LogP contribution in [0, 0.1) is 11.2 Å². The van der Waals surface area contributed by atoms with E-state index in [1.165, 1.54) is 38.2 Å². The predicted octanol–water partition coefficient (Wildman–Crippen LogP) is 4.49. The fourth-order valence-electron chi connectivity index (χ4n) is 3.25. The standard InChI is InChI=1S/C15H19BrFN3/c1-15(5-3-2-4-6-15)9-20-13-8-11(17)10(16)7-12(13)19-14(20)18/h7-8H,2-6,9H2,1H3,(H2,18,19). The van der Waals surface area contributed by atoms with Crippen LogP contribution in [-0.2, 0) is 6.54 Å². The average molecular weight is 340 g/mol. The zero-order valence-electron chi connectivity index (χ0n) is 11.6. The van der Waals surface area contributed by atoms with Gasteiger partial charge >= 0.3 is 0 Å². The number of aromatic nitrogens is 2. The summed E-state index contributed by atoms with van der Waals surface area (Å²) in [7, 11) is 0. The molecule has 0 aliphatic heterocycles. The minimum Gasteiger partial charge on any atom is -0.369 e. The largest absolute Gasteiger partial charge is 0.369 e. The van der Waals surface area contributed by atoms with Gasteiger partial charge in [0.05, 0.1) is 15.5 Å². The lowest BCUT2D eigenvalue weighted by Crippen LogP contribution is -2.26. The Morgan fingerprint density at radius 3 is 2.75 bits per heavy atom. The highest BCUT2D eigenvalue weighted by Crippen LogP contribution is 2.38. The summed E-state index contributed by atoms with van der Waals surface area (Å²) in [5.74, 6) is 0.205. The molecule has 20 heavy (non-hydrogen) atoms. The molecule has 2 N–H and O–H groups in total. The van der Waals surface area contributed by atoms with Crippen LogP contribution in [0.15, 0.2) is 16.6 Å². The maximum atomic E-state index is 13.8. The second kappa shape index (κ2) is 5.02. The fourth-order valence-corrected chi connectivity index (χ4v) is 3.58. The molecule has 0 radical (unpaired) electrons. The van der Waals surface area contributed by atoms with Crippen molar-refractivity contribution in [3.63, 3.8) is 0 Å². The smallest absolute Gasteiger partial charge is 0.201 e. The van der Waals surface area contributed by atoms with Gasteiger partial charge in [-0.25, -0.2) is 9.37 Å². The first-order valence-electron chi connectivity index (χ1n) is 7.09. The van der Waals surface area contributed by atoms with Gasteiger partial charge in [-0.3, -0.25) is 0 Å². The number of anilines is 1. The average Bonchev–Trinajstić information content (AvgIpc) is 2.67. The van der Waals surface area contributed by atoms with Gasteiger partial charge in [0.1, 0.15) is 5.82 Å². The molecule has 1 saturated carbocycles. The van der Waals surface area contributed by atoms with Crippen molar-refractivity contribution in [1.82, 2.24) is 9.55 Å². The van der Waals surface area contributed by atoms with Gasteiger partial charge in [-0.1, -0.05) is 26.2 Å². The molecule has 2 aromatic rings. The molecule has 0 atom stereocenters. The van der Waals surface area contributed by atoms with Crippen molar-refractivity contribution in [1.29, 1.82) is 0 Å². The lowest BCUT2D eigenvalue weighted by atomic mass is 9.75. The third kappa shape index (κ3) is 2.43. The summed E-state index contributed by atoms with van der Waals surface area (Å²) >= 11 is 3.19. The molecule has 3 rings (SSSR count). The van der Waals surface area contributed by atoms with Crippen LogP contribution < -0.4 is 5.73 Å². The fraction of sp³-hybridized carbons (Fsp3) is 0.533. The minimum absolute atomic E-state index is 0.240. The number of fused-ring (bicyclic) bond motifs is 1. The first-order valence-corrected chi connectivity index (χ1v) is 7.89. The van der Waals surface area contributed by atoms with Crippen molar-refractivity contribution in [2.45, 2.75) is 45.6 Å². The van der Waals surface area contributed by atoms with Gasteiger partial charge in [-0.2, -0.15) is 0 Å². The summed E-state index contributed by atoms with van der Waals surface area (Å²) in [5.41, 5.74) is 7.82. The second-order valence-electron chi connectivity index (χ2n) is 6.18. The quantitative estimate of drug-likeness (QED) is 0.875. The highest BCUT2D eigenvalue weighted by atomic mass is 79.9. The number of halogens is 2. The highest BCUT2D eigenvalue weighted by molar-refractivity contribution is 9.10. The van der Waals surface area contributed by atoms with Crippen LogP contribution in [0.4, 0.5) is 10.3 Å². The molecule has 108 valence electrons. The molecule has 0 unspecified atom stereocenters. The molecule has 0 bridgehead atoms. The molecule has 0 saturated heterocycles. The molecule has 0 spiro atoms. The molecule has 1 aromatic heterocycles. The van der Waals surface area contributed by atoms with E-state index in [1.54, 1.807) is 6.07 Å². The Morgan fingerprint density at radius 1 is 1.35 bits per heavy atom. The van der Waals surface area contributed by atoms with E-state index < -0.39 is 0 Å². The summed E-state index contributed by atoms with van der Waals surface area (Å²) < 4.78 is 16.2. The monoisotopic (exact) mass is 339 g/mol. The van der Waals surface area contributed by atoms with Crippen LogP contribution >= 0.6 is 15.9 Å². The van der Waals surface area contributed by atoms with Crippen molar-refractivity contribution in [2.24, 2.45) is 5.41 Å². The van der Waals surface area contributed by atoms with Crippen molar-refractivity contribution >= 4 is 32.9 Å². The van der Waals surface area contributed by atoms with Crippen molar-refractivity contribution < 1.29 is 4.39 Å². The van der Waals surface area contributed by atoms with Gasteiger partial charge < -0.3 is 10.3 Å². The van der Waals surface area contributed by atoms with E-state index >= 15 is 0 Å². The van der Waals surface area contributed by atoms with Crippen LogP contribution in [-0.4, -0.2) is 9.55 Å². The van der Waals surface area contributed by atoms with Crippen LogP contribution in [0.1, 0.15) is 39.0 Å². The van der Waals surface area contributed by atoms with Crippen LogP contribution in [0.3, 0.4) is 0 Å². The van der Waals surface area contributed by atoms with Crippen molar-refractivity contribution in [2.75, 3.05) is 5.73 Å². The van der Waals surface area contributed by atoms with Gasteiger partial charge in [-0.15, -0.1) is 0 Å². The normalized spacial score (nSPS) is 18.6. The summed E-state index contributed by atoms with van der Waals surface area (Å²) in [6.45, 7) is 3.11. The zero-order valence-corrected chi connectivity index (χ0v) is 13.2. The number of nitrogens with two attached hydrogens (primary N) is 1. The Bertz CT molecular complexity index is 644. The Morgan fingerprint density at radius 2 is 2.05 bits per heavy atom. The first kappa shape index (κ1) is 13.9. The van der Waals surface area contributed by atoms with E-state index in [0.29, 0.717) is 10.4 Å². The van der Waals surface area contributed by atoms with Crippen LogP contribution in [0.5, 0.6) is 0 Å². The summed E-state index contributed by atoms with van der Waals surface area (Å²) in [4.78, 5) is 4.36. The first-order chi connectivity index (χ1) is 9.48. The van der Waals surface area contributed by atoms with Gasteiger partial charge in [0, 0.05) is 12.6 Å². The van der Waals surface area contributed by atoms with Gasteiger partial charge in [-0.05, 0) is 40.3 Å². The van der Waals surface area contributed by atoms with Crippen molar-refractivity contribution in [3.8, 4) is 0 Å². The molecule has 1 heterocycles. The van der Waals surface area contributed by atoms with E-state index in [9.17, 15) is 4.39 Å². The molecule has 5 heteroatoms. The van der Waals surface area contributed by atoms with E-state index in [4.69, 9.17) is 5.73 Å². The number of nitrogen functional groups attached to an aromatic ring is 1. The number of hydrogen-bond donors (Lipinski definition) is 1. The molecule has 1 fully saturated rings. The topological polar surface area (TPSA) is 43.8 Å². The molecule has 3 nitrogen and oxygen atoms in total. The molecular formula is C15H19BrFN3. The number of nitrogens with zero attached hydrogens (tertiary/aromatic N) is 2. The van der Waals surface area contributed by atoms with Crippen LogP contribution in [0.2, 0.25) is 0 Å². The van der Waals surface area contributed by atoms with E-state index in [0.717, 1.165) is 17.6 Å². The number of imidazole rings is 1. The Kier molecular flexibility index (Phi) is 3.48. The van der Waals surface area contributed by atoms with Gasteiger partial charge in [0.2, 0.25) is 5.95 Å². The number of rotatable bonds is 2. The molecule has 1 aromatic carbocycles. The van der Waals surface area contributed by atoms with Crippen LogP contribution in [0.25, 0.3) is 11.0 Å². The minimum atomic E-state index is -0.271. The third-order valence-electron chi connectivity index (χ3n) is 4.42. The predicted molar refractivity (Wildman–Crippen MR) is 83.0 cm³/mol.